The zero-order chi connectivity index (χ0) is 10.6. The van der Waals surface area contributed by atoms with Gasteiger partial charge in [-0.05, 0) is 18.8 Å². The fourth-order valence-corrected chi connectivity index (χ4v) is 3.05. The first-order chi connectivity index (χ1) is 7.20. The Bertz CT molecular complexity index is 371. The quantitative estimate of drug-likeness (QED) is 0.594. The molecule has 4 heteroatoms. The van der Waals surface area contributed by atoms with Crippen LogP contribution in [0.4, 0.5) is 0 Å². The monoisotopic (exact) mass is 208 g/mol. The van der Waals surface area contributed by atoms with Crippen molar-refractivity contribution in [2.75, 3.05) is 7.11 Å². The van der Waals surface area contributed by atoms with Gasteiger partial charge in [-0.15, -0.1) is 0 Å². The Kier molecular flexibility index (Phi) is 1.69. The van der Waals surface area contributed by atoms with Crippen LogP contribution in [0.15, 0.2) is 11.6 Å². The Morgan fingerprint density at radius 3 is 2.93 bits per heavy atom. The highest BCUT2D eigenvalue weighted by Crippen LogP contribution is 2.50. The molecule has 80 valence electrons. The van der Waals surface area contributed by atoms with Gasteiger partial charge in [-0.1, -0.05) is 6.08 Å². The maximum absolute atomic E-state index is 11.5. The second-order valence-electron chi connectivity index (χ2n) is 4.44. The Hall–Kier alpha value is -1.32. The summed E-state index contributed by atoms with van der Waals surface area (Å²) in [5.74, 6) is -0.0911. The van der Waals surface area contributed by atoms with E-state index >= 15 is 0 Å². The van der Waals surface area contributed by atoms with E-state index in [-0.39, 0.29) is 35.8 Å². The van der Waals surface area contributed by atoms with Gasteiger partial charge >= 0.3 is 11.9 Å². The number of esters is 2. The average molecular weight is 208 g/mol. The molecule has 1 saturated carbocycles. The molecule has 1 aliphatic heterocycles. The molecule has 0 aromatic carbocycles. The number of rotatable bonds is 1. The van der Waals surface area contributed by atoms with Gasteiger partial charge in [-0.2, -0.15) is 0 Å². The molecule has 1 saturated heterocycles. The van der Waals surface area contributed by atoms with Gasteiger partial charge < -0.3 is 9.47 Å². The topological polar surface area (TPSA) is 52.6 Å². The molecule has 4 aliphatic rings. The lowest BCUT2D eigenvalue weighted by Gasteiger charge is -2.36. The zero-order valence-corrected chi connectivity index (χ0v) is 8.43. The van der Waals surface area contributed by atoms with Crippen LogP contribution in [0, 0.1) is 17.8 Å². The first-order valence-corrected chi connectivity index (χ1v) is 5.21. The summed E-state index contributed by atoms with van der Waals surface area (Å²) in [6.07, 6.45) is 3.44. The number of carbonyl (C=O) groups excluding carboxylic acids is 2. The van der Waals surface area contributed by atoms with Crippen molar-refractivity contribution in [3.8, 4) is 0 Å². The predicted octanol–water partition coefficient (Wildman–Crippen LogP) is 0.667. The molecule has 0 spiro atoms. The molecule has 1 heterocycles. The van der Waals surface area contributed by atoms with E-state index in [9.17, 15) is 9.59 Å². The maximum Gasteiger partial charge on any atom is 0.333 e. The molecule has 4 nitrogen and oxygen atoms in total. The number of hydrogen-bond donors (Lipinski definition) is 0. The minimum absolute atomic E-state index is 0.00894. The van der Waals surface area contributed by atoms with E-state index < -0.39 is 0 Å². The van der Waals surface area contributed by atoms with Crippen molar-refractivity contribution < 1.29 is 19.1 Å². The summed E-state index contributed by atoms with van der Waals surface area (Å²) in [6.45, 7) is 0. The first kappa shape index (κ1) is 8.95. The smallest absolute Gasteiger partial charge is 0.333 e. The molecule has 2 fully saturated rings. The van der Waals surface area contributed by atoms with Crippen LogP contribution in [-0.2, 0) is 19.1 Å². The van der Waals surface area contributed by atoms with Crippen LogP contribution >= 0.6 is 0 Å². The average Bonchev–Trinajstić information content (AvgIpc) is 2.47. The molecule has 0 radical (unpaired) electrons. The van der Waals surface area contributed by atoms with Gasteiger partial charge in [0.05, 0.1) is 13.0 Å². The van der Waals surface area contributed by atoms with Gasteiger partial charge in [0.1, 0.15) is 6.10 Å². The van der Waals surface area contributed by atoms with Crippen LogP contribution in [0.2, 0.25) is 0 Å². The van der Waals surface area contributed by atoms with Crippen molar-refractivity contribution >= 4 is 11.9 Å². The van der Waals surface area contributed by atoms with Gasteiger partial charge in [0.15, 0.2) is 0 Å². The third-order valence-corrected chi connectivity index (χ3v) is 3.75. The number of methoxy groups -OCH3 is 1. The van der Waals surface area contributed by atoms with Crippen molar-refractivity contribution in [3.05, 3.63) is 11.6 Å². The summed E-state index contributed by atoms with van der Waals surface area (Å²) in [5.41, 5.74) is 0.744. The molecule has 4 rings (SSSR count). The standard InChI is InChI=1S/C11H12O4/c1-14-10(12)6-4-7-8-2-5(6)3-9(7)15-11(8)13/h4-5,7-9H,2-3H2,1H3/t5-,7+,8-,9+/m0/s1. The second kappa shape index (κ2) is 2.84. The van der Waals surface area contributed by atoms with Crippen molar-refractivity contribution in [3.63, 3.8) is 0 Å². The third kappa shape index (κ3) is 1.07. The Morgan fingerprint density at radius 2 is 2.33 bits per heavy atom. The molecule has 0 aromatic rings. The highest BCUT2D eigenvalue weighted by Gasteiger charge is 2.54. The van der Waals surface area contributed by atoms with Crippen LogP contribution in [0.5, 0.6) is 0 Å². The molecular formula is C11H12O4. The fraction of sp³-hybridized carbons (Fsp3) is 0.636. The molecule has 4 atom stereocenters. The lowest BCUT2D eigenvalue weighted by atomic mass is 9.66. The minimum atomic E-state index is -0.253. The zero-order valence-electron chi connectivity index (χ0n) is 8.43. The summed E-state index contributed by atoms with van der Waals surface area (Å²) in [7, 11) is 1.39. The van der Waals surface area contributed by atoms with Crippen LogP contribution in [-0.4, -0.2) is 25.2 Å². The molecule has 4 bridgehead atoms. The van der Waals surface area contributed by atoms with Crippen LogP contribution in [0.1, 0.15) is 12.8 Å². The largest absolute Gasteiger partial charge is 0.466 e. The lowest BCUT2D eigenvalue weighted by molar-refractivity contribution is -0.143. The highest BCUT2D eigenvalue weighted by molar-refractivity contribution is 5.90. The third-order valence-electron chi connectivity index (χ3n) is 3.75. The summed E-state index contributed by atoms with van der Waals surface area (Å²) in [4.78, 5) is 22.9. The van der Waals surface area contributed by atoms with E-state index in [0.717, 1.165) is 18.4 Å². The molecule has 0 N–H and O–H groups in total. The molecule has 0 unspecified atom stereocenters. The highest BCUT2D eigenvalue weighted by atomic mass is 16.6. The maximum atomic E-state index is 11.5. The van der Waals surface area contributed by atoms with Crippen molar-refractivity contribution in [2.24, 2.45) is 17.8 Å². The van der Waals surface area contributed by atoms with Crippen LogP contribution < -0.4 is 0 Å². The van der Waals surface area contributed by atoms with Gasteiger partial charge in [-0.25, -0.2) is 4.79 Å². The molecule has 0 amide bonds. The van der Waals surface area contributed by atoms with Gasteiger partial charge in [0.2, 0.25) is 0 Å². The van der Waals surface area contributed by atoms with E-state index in [0.29, 0.717) is 0 Å². The van der Waals surface area contributed by atoms with Crippen molar-refractivity contribution in [1.29, 1.82) is 0 Å². The molecule has 0 aromatic heterocycles. The van der Waals surface area contributed by atoms with E-state index in [1.807, 2.05) is 6.08 Å². The number of hydrogen-bond acceptors (Lipinski definition) is 4. The molecular weight excluding hydrogens is 196 g/mol. The number of ether oxygens (including phenoxy) is 2. The Morgan fingerprint density at radius 1 is 1.53 bits per heavy atom. The lowest BCUT2D eigenvalue weighted by Crippen LogP contribution is -2.37. The van der Waals surface area contributed by atoms with E-state index in [1.165, 1.54) is 7.11 Å². The summed E-state index contributed by atoms with van der Waals surface area (Å²) < 4.78 is 9.97. The van der Waals surface area contributed by atoms with Crippen molar-refractivity contribution in [2.45, 2.75) is 18.9 Å². The Labute approximate surface area is 87.2 Å². The minimum Gasteiger partial charge on any atom is -0.466 e. The summed E-state index contributed by atoms with van der Waals surface area (Å²) in [5, 5.41) is 0. The van der Waals surface area contributed by atoms with E-state index in [1.54, 1.807) is 0 Å². The normalized spacial score (nSPS) is 41.1. The van der Waals surface area contributed by atoms with Crippen LogP contribution in [0.25, 0.3) is 0 Å². The van der Waals surface area contributed by atoms with Gasteiger partial charge in [-0.3, -0.25) is 4.79 Å². The Balaban J connectivity index is 1.96. The predicted molar refractivity (Wildman–Crippen MR) is 49.7 cm³/mol. The van der Waals surface area contributed by atoms with Gasteiger partial charge in [0.25, 0.3) is 0 Å². The van der Waals surface area contributed by atoms with E-state index in [2.05, 4.69) is 0 Å². The summed E-state index contributed by atoms with van der Waals surface area (Å²) in [6, 6.07) is 0. The second-order valence-corrected chi connectivity index (χ2v) is 4.44. The van der Waals surface area contributed by atoms with E-state index in [4.69, 9.17) is 9.47 Å². The van der Waals surface area contributed by atoms with Crippen LogP contribution in [0.3, 0.4) is 0 Å². The molecule has 3 aliphatic carbocycles. The summed E-state index contributed by atoms with van der Waals surface area (Å²) >= 11 is 0. The first-order valence-electron chi connectivity index (χ1n) is 5.21. The fourth-order valence-electron chi connectivity index (χ4n) is 3.05. The van der Waals surface area contributed by atoms with Gasteiger partial charge in [0, 0.05) is 11.5 Å². The SMILES string of the molecule is COC(=O)C1=C[C@@H]2[C@@H]3C[C@H]1C[C@H]2OC3=O. The molecule has 15 heavy (non-hydrogen) atoms. The van der Waals surface area contributed by atoms with Crippen molar-refractivity contribution in [1.82, 2.24) is 0 Å². The number of carbonyl (C=O) groups is 2.